The second-order valence-corrected chi connectivity index (χ2v) is 6.26. The lowest BCUT2D eigenvalue weighted by Gasteiger charge is -2.30. The van der Waals surface area contributed by atoms with Gasteiger partial charge in [0.05, 0.1) is 24.6 Å². The maximum atomic E-state index is 5.48. The van der Waals surface area contributed by atoms with E-state index in [4.69, 9.17) is 9.73 Å². The molecule has 0 N–H and O–H groups in total. The molecule has 5 nitrogen and oxygen atoms in total. The summed E-state index contributed by atoms with van der Waals surface area (Å²) >= 11 is 0. The minimum atomic E-state index is 0.799. The van der Waals surface area contributed by atoms with Gasteiger partial charge >= 0.3 is 0 Å². The van der Waals surface area contributed by atoms with Gasteiger partial charge < -0.3 is 19.4 Å². The Hall–Kier alpha value is -1.75. The molecule has 126 valence electrons. The summed E-state index contributed by atoms with van der Waals surface area (Å²) in [6, 6.07) is 8.48. The van der Waals surface area contributed by atoms with E-state index in [1.807, 2.05) is 0 Å². The number of rotatable bonds is 5. The number of morpholine rings is 1. The number of aliphatic imine (C=N–C) groups is 1. The van der Waals surface area contributed by atoms with Crippen LogP contribution in [0.25, 0.3) is 0 Å². The molecule has 1 aromatic carbocycles. The molecule has 0 atom stereocenters. The highest BCUT2D eigenvalue weighted by Gasteiger charge is 2.24. The van der Waals surface area contributed by atoms with Crippen molar-refractivity contribution in [2.75, 3.05) is 57.9 Å². The van der Waals surface area contributed by atoms with Gasteiger partial charge in [0.2, 0.25) is 5.96 Å². The van der Waals surface area contributed by atoms with Gasteiger partial charge in [-0.05, 0) is 18.6 Å². The average molecular weight is 316 g/mol. The molecule has 2 saturated heterocycles. The molecule has 0 amide bonds. The van der Waals surface area contributed by atoms with Crippen LogP contribution in [-0.2, 0) is 4.74 Å². The highest BCUT2D eigenvalue weighted by atomic mass is 16.5. The minimum absolute atomic E-state index is 0.799. The predicted octanol–water partition coefficient (Wildman–Crippen LogP) is 2.56. The summed E-state index contributed by atoms with van der Waals surface area (Å²) in [7, 11) is 2.14. The Morgan fingerprint density at radius 2 is 1.87 bits per heavy atom. The molecule has 2 aliphatic heterocycles. The van der Waals surface area contributed by atoms with Crippen molar-refractivity contribution in [3.8, 4) is 0 Å². The highest BCUT2D eigenvalue weighted by molar-refractivity contribution is 5.86. The zero-order chi connectivity index (χ0) is 16.1. The summed E-state index contributed by atoms with van der Waals surface area (Å²) in [5, 5.41) is 0. The second kappa shape index (κ2) is 7.68. The number of unbranched alkanes of at least 4 members (excludes halogenated alkanes) is 1. The molecule has 0 saturated carbocycles. The van der Waals surface area contributed by atoms with Gasteiger partial charge in [-0.15, -0.1) is 0 Å². The van der Waals surface area contributed by atoms with Crippen LogP contribution in [-0.4, -0.2) is 68.7 Å². The fraction of sp³-hybridized carbons (Fsp3) is 0.611. The van der Waals surface area contributed by atoms with E-state index >= 15 is 0 Å². The molecule has 0 spiro atoms. The average Bonchev–Trinajstić information content (AvgIpc) is 2.94. The molecule has 0 unspecified atom stereocenters. The second-order valence-electron chi connectivity index (χ2n) is 6.26. The number of para-hydroxylation sites is 2. The zero-order valence-electron chi connectivity index (χ0n) is 14.4. The number of anilines is 1. The lowest BCUT2D eigenvalue weighted by atomic mass is 10.2. The quantitative estimate of drug-likeness (QED) is 0.835. The SMILES string of the molecule is CCCCN1CCN(C)C1=Nc1ccccc1N1CCOCC1. The maximum absolute atomic E-state index is 5.48. The van der Waals surface area contributed by atoms with E-state index in [2.05, 4.69) is 52.9 Å². The van der Waals surface area contributed by atoms with Gasteiger partial charge in [0, 0.05) is 39.8 Å². The Labute approximate surface area is 139 Å². The van der Waals surface area contributed by atoms with Crippen molar-refractivity contribution >= 4 is 17.3 Å². The third kappa shape index (κ3) is 3.78. The van der Waals surface area contributed by atoms with Crippen LogP contribution in [0.4, 0.5) is 11.4 Å². The van der Waals surface area contributed by atoms with Gasteiger partial charge in [0.15, 0.2) is 0 Å². The minimum Gasteiger partial charge on any atom is -0.378 e. The van der Waals surface area contributed by atoms with E-state index in [1.54, 1.807) is 0 Å². The number of hydrogen-bond acceptors (Lipinski definition) is 3. The van der Waals surface area contributed by atoms with Crippen LogP contribution in [0.3, 0.4) is 0 Å². The third-order valence-electron chi connectivity index (χ3n) is 4.57. The van der Waals surface area contributed by atoms with E-state index in [1.165, 1.54) is 18.5 Å². The first-order valence-corrected chi connectivity index (χ1v) is 8.76. The molecule has 0 aliphatic carbocycles. The van der Waals surface area contributed by atoms with Crippen molar-refractivity contribution in [1.29, 1.82) is 0 Å². The number of hydrogen-bond donors (Lipinski definition) is 0. The first-order valence-electron chi connectivity index (χ1n) is 8.76. The molecule has 23 heavy (non-hydrogen) atoms. The number of likely N-dealkylation sites (N-methyl/N-ethyl adjacent to an activating group) is 1. The molecular formula is C18H28N4O. The maximum Gasteiger partial charge on any atom is 0.201 e. The monoisotopic (exact) mass is 316 g/mol. The molecule has 1 aromatic rings. The predicted molar refractivity (Wildman–Crippen MR) is 95.7 cm³/mol. The van der Waals surface area contributed by atoms with Gasteiger partial charge in [-0.1, -0.05) is 25.5 Å². The summed E-state index contributed by atoms with van der Waals surface area (Å²) in [4.78, 5) is 12.1. The first-order chi connectivity index (χ1) is 11.3. The largest absolute Gasteiger partial charge is 0.378 e. The van der Waals surface area contributed by atoms with Crippen molar-refractivity contribution < 1.29 is 4.74 Å². The van der Waals surface area contributed by atoms with Crippen molar-refractivity contribution in [2.45, 2.75) is 19.8 Å². The van der Waals surface area contributed by atoms with Gasteiger partial charge in [0.25, 0.3) is 0 Å². The summed E-state index contributed by atoms with van der Waals surface area (Å²) in [5.74, 6) is 1.11. The normalized spacial score (nSPS) is 20.6. The van der Waals surface area contributed by atoms with Crippen LogP contribution in [0.5, 0.6) is 0 Å². The molecule has 3 rings (SSSR count). The van der Waals surface area contributed by atoms with Gasteiger partial charge in [-0.2, -0.15) is 0 Å². The van der Waals surface area contributed by atoms with Gasteiger partial charge in [-0.25, -0.2) is 4.99 Å². The Morgan fingerprint density at radius 1 is 1.09 bits per heavy atom. The summed E-state index contributed by atoms with van der Waals surface area (Å²) in [6.45, 7) is 8.95. The van der Waals surface area contributed by atoms with E-state index in [0.29, 0.717) is 0 Å². The van der Waals surface area contributed by atoms with Crippen LogP contribution >= 0.6 is 0 Å². The van der Waals surface area contributed by atoms with Crippen molar-refractivity contribution in [1.82, 2.24) is 9.80 Å². The van der Waals surface area contributed by atoms with Crippen molar-refractivity contribution in [3.05, 3.63) is 24.3 Å². The Balaban J connectivity index is 1.85. The molecule has 0 aromatic heterocycles. The lowest BCUT2D eigenvalue weighted by molar-refractivity contribution is 0.123. The van der Waals surface area contributed by atoms with Crippen LogP contribution in [0.2, 0.25) is 0 Å². The third-order valence-corrected chi connectivity index (χ3v) is 4.57. The molecular weight excluding hydrogens is 288 g/mol. The van der Waals surface area contributed by atoms with Crippen LogP contribution in [0, 0.1) is 0 Å². The van der Waals surface area contributed by atoms with Crippen LogP contribution in [0.1, 0.15) is 19.8 Å². The molecule has 0 radical (unpaired) electrons. The van der Waals surface area contributed by atoms with Gasteiger partial charge in [-0.3, -0.25) is 0 Å². The number of benzene rings is 1. The topological polar surface area (TPSA) is 31.3 Å². The first kappa shape index (κ1) is 16.1. The molecule has 0 bridgehead atoms. The van der Waals surface area contributed by atoms with Crippen molar-refractivity contribution in [3.63, 3.8) is 0 Å². The summed E-state index contributed by atoms with van der Waals surface area (Å²) in [5.41, 5.74) is 2.29. The van der Waals surface area contributed by atoms with Gasteiger partial charge in [0.1, 0.15) is 0 Å². The molecule has 2 aliphatic rings. The van der Waals surface area contributed by atoms with E-state index in [0.717, 1.165) is 57.6 Å². The number of ether oxygens (including phenoxy) is 1. The fourth-order valence-corrected chi connectivity index (χ4v) is 3.17. The Bertz CT molecular complexity index is 540. The number of nitrogens with zero attached hydrogens (tertiary/aromatic N) is 4. The number of guanidine groups is 1. The highest BCUT2D eigenvalue weighted by Crippen LogP contribution is 2.30. The Morgan fingerprint density at radius 3 is 2.65 bits per heavy atom. The van der Waals surface area contributed by atoms with Crippen LogP contribution in [0.15, 0.2) is 29.3 Å². The smallest absolute Gasteiger partial charge is 0.201 e. The summed E-state index contributed by atoms with van der Waals surface area (Å²) < 4.78 is 5.48. The van der Waals surface area contributed by atoms with E-state index < -0.39 is 0 Å². The van der Waals surface area contributed by atoms with Crippen molar-refractivity contribution in [2.24, 2.45) is 4.99 Å². The fourth-order valence-electron chi connectivity index (χ4n) is 3.17. The Kier molecular flexibility index (Phi) is 5.39. The molecule has 5 heteroatoms. The van der Waals surface area contributed by atoms with Crippen LogP contribution < -0.4 is 4.90 Å². The van der Waals surface area contributed by atoms with E-state index in [9.17, 15) is 0 Å². The zero-order valence-corrected chi connectivity index (χ0v) is 14.4. The molecule has 2 fully saturated rings. The standard InChI is InChI=1S/C18H28N4O/c1-3-4-9-22-11-10-20(2)18(22)19-16-7-5-6-8-17(16)21-12-14-23-15-13-21/h5-8H,3-4,9-15H2,1-2H3. The lowest BCUT2D eigenvalue weighted by Crippen LogP contribution is -2.36. The molecule has 2 heterocycles. The summed E-state index contributed by atoms with van der Waals surface area (Å²) in [6.07, 6.45) is 2.44. The van der Waals surface area contributed by atoms with E-state index in [-0.39, 0.29) is 0 Å².